The van der Waals surface area contributed by atoms with Crippen LogP contribution >= 0.6 is 0 Å². The van der Waals surface area contributed by atoms with Gasteiger partial charge in [-0.2, -0.15) is 5.10 Å². The van der Waals surface area contributed by atoms with Crippen LogP contribution in [-0.4, -0.2) is 30.9 Å². The zero-order valence-electron chi connectivity index (χ0n) is 15.0. The van der Waals surface area contributed by atoms with Crippen LogP contribution in [0.5, 0.6) is 0 Å². The molecular formula is C20H16N6O2. The summed E-state index contributed by atoms with van der Waals surface area (Å²) < 4.78 is 1.76. The first-order valence-electron chi connectivity index (χ1n) is 8.53. The second-order valence-electron chi connectivity index (χ2n) is 6.21. The first kappa shape index (κ1) is 17.3. The molecule has 0 aliphatic heterocycles. The number of aryl methyl sites for hydroxylation is 1. The number of benzene rings is 2. The molecule has 4 aromatic rings. The number of carbonyl (C=O) groups is 1. The van der Waals surface area contributed by atoms with Crippen LogP contribution < -0.4 is 10.9 Å². The van der Waals surface area contributed by atoms with E-state index >= 15 is 0 Å². The van der Waals surface area contributed by atoms with Crippen molar-refractivity contribution in [3.05, 3.63) is 88.7 Å². The predicted octanol–water partition coefficient (Wildman–Crippen LogP) is 2.58. The molecule has 4 rings (SSSR count). The molecule has 2 heterocycles. The maximum Gasteiger partial charge on any atom is 0.264 e. The Hall–Kier alpha value is -4.07. The molecule has 2 aromatic heterocycles. The second-order valence-corrected chi connectivity index (χ2v) is 6.21. The Bertz CT molecular complexity index is 1160. The monoisotopic (exact) mass is 372 g/mol. The highest BCUT2D eigenvalue weighted by Crippen LogP contribution is 2.24. The third kappa shape index (κ3) is 3.56. The Kier molecular flexibility index (Phi) is 4.51. The van der Waals surface area contributed by atoms with Crippen molar-refractivity contribution in [2.75, 3.05) is 5.32 Å². The molecule has 0 atom stereocenters. The minimum absolute atomic E-state index is 0.218. The van der Waals surface area contributed by atoms with Crippen molar-refractivity contribution in [2.45, 2.75) is 6.92 Å². The van der Waals surface area contributed by atoms with Gasteiger partial charge in [0, 0.05) is 28.6 Å². The highest BCUT2D eigenvalue weighted by Gasteiger charge is 2.10. The van der Waals surface area contributed by atoms with Gasteiger partial charge in [0.2, 0.25) is 0 Å². The van der Waals surface area contributed by atoms with E-state index in [9.17, 15) is 9.59 Å². The summed E-state index contributed by atoms with van der Waals surface area (Å²) in [5.74, 6) is -0.218. The normalized spacial score (nSPS) is 10.6. The molecule has 0 aliphatic carbocycles. The van der Waals surface area contributed by atoms with Gasteiger partial charge < -0.3 is 5.32 Å². The lowest BCUT2D eigenvalue weighted by Gasteiger charge is -2.11. The molecule has 0 radical (unpaired) electrons. The van der Waals surface area contributed by atoms with Crippen LogP contribution in [0.15, 0.2) is 72.0 Å². The second kappa shape index (κ2) is 7.28. The number of aromatic amines is 1. The van der Waals surface area contributed by atoms with Crippen LogP contribution in [0.1, 0.15) is 15.9 Å². The highest BCUT2D eigenvalue weighted by molar-refractivity contribution is 6.05. The van der Waals surface area contributed by atoms with Crippen molar-refractivity contribution in [3.63, 3.8) is 0 Å². The van der Waals surface area contributed by atoms with Gasteiger partial charge in [-0.15, -0.1) is 10.2 Å². The molecule has 2 aromatic carbocycles. The first-order valence-corrected chi connectivity index (χ1v) is 8.53. The molecule has 0 fully saturated rings. The smallest absolute Gasteiger partial charge is 0.264 e. The Morgan fingerprint density at radius 2 is 1.75 bits per heavy atom. The quantitative estimate of drug-likeness (QED) is 0.573. The first-order chi connectivity index (χ1) is 13.6. The number of H-pyrrole nitrogens is 1. The van der Waals surface area contributed by atoms with Gasteiger partial charge in [-0.3, -0.25) is 14.2 Å². The van der Waals surface area contributed by atoms with E-state index in [1.54, 1.807) is 35.4 Å². The van der Waals surface area contributed by atoms with Gasteiger partial charge in [0.15, 0.2) is 0 Å². The Morgan fingerprint density at radius 1 is 1.00 bits per heavy atom. The molecule has 28 heavy (non-hydrogen) atoms. The zero-order chi connectivity index (χ0) is 19.5. The van der Waals surface area contributed by atoms with Crippen LogP contribution in [0.2, 0.25) is 0 Å². The maximum atomic E-state index is 12.7. The molecule has 0 spiro atoms. The van der Waals surface area contributed by atoms with Crippen LogP contribution in [0.3, 0.4) is 0 Å². The van der Waals surface area contributed by atoms with Crippen molar-refractivity contribution >= 4 is 11.6 Å². The number of hydrogen-bond donors (Lipinski definition) is 2. The summed E-state index contributed by atoms with van der Waals surface area (Å²) in [4.78, 5) is 23.8. The number of anilines is 1. The number of hydrogen-bond acceptors (Lipinski definition) is 5. The number of nitrogens with zero attached hydrogens (tertiary/aromatic N) is 4. The van der Waals surface area contributed by atoms with Gasteiger partial charge in [-0.1, -0.05) is 12.1 Å². The molecule has 0 bridgehead atoms. The summed E-state index contributed by atoms with van der Waals surface area (Å²) in [6.45, 7) is 1.91. The molecule has 0 saturated heterocycles. The minimum Gasteiger partial charge on any atom is -0.322 e. The molecule has 0 unspecified atom stereocenters. The Balaban J connectivity index is 1.56. The topological polar surface area (TPSA) is 106 Å². The molecule has 138 valence electrons. The summed E-state index contributed by atoms with van der Waals surface area (Å²) in [5.41, 5.74) is 4.14. The van der Waals surface area contributed by atoms with Crippen LogP contribution in [0.4, 0.5) is 5.69 Å². The third-order valence-corrected chi connectivity index (χ3v) is 4.31. The lowest BCUT2D eigenvalue weighted by molar-refractivity contribution is 0.102. The van der Waals surface area contributed by atoms with Crippen molar-refractivity contribution in [1.82, 2.24) is 25.0 Å². The van der Waals surface area contributed by atoms with Gasteiger partial charge >= 0.3 is 0 Å². The van der Waals surface area contributed by atoms with Crippen molar-refractivity contribution in [3.8, 4) is 16.9 Å². The molecular weight excluding hydrogens is 356 g/mol. The van der Waals surface area contributed by atoms with E-state index in [1.807, 2.05) is 37.3 Å². The maximum absolute atomic E-state index is 12.7. The number of nitrogens with one attached hydrogen (secondary N) is 2. The largest absolute Gasteiger partial charge is 0.322 e. The third-order valence-electron chi connectivity index (χ3n) is 4.31. The summed E-state index contributed by atoms with van der Waals surface area (Å²) in [6, 6.07) is 15.8. The fraction of sp³-hybridized carbons (Fsp3) is 0.0500. The molecule has 0 saturated carbocycles. The van der Waals surface area contributed by atoms with E-state index < -0.39 is 0 Å². The summed E-state index contributed by atoms with van der Waals surface area (Å²) in [7, 11) is 0. The van der Waals surface area contributed by atoms with Crippen molar-refractivity contribution in [1.29, 1.82) is 0 Å². The minimum atomic E-state index is -0.265. The van der Waals surface area contributed by atoms with Crippen LogP contribution in [0.25, 0.3) is 16.9 Å². The fourth-order valence-electron chi connectivity index (χ4n) is 2.73. The number of rotatable bonds is 4. The van der Waals surface area contributed by atoms with E-state index in [1.165, 1.54) is 6.07 Å². The molecule has 0 aliphatic rings. The van der Waals surface area contributed by atoms with E-state index in [0.29, 0.717) is 16.9 Å². The number of carbonyl (C=O) groups excluding carboxylic acids is 1. The van der Waals surface area contributed by atoms with Crippen molar-refractivity contribution < 1.29 is 4.79 Å². The molecule has 1 amide bonds. The number of amides is 1. The van der Waals surface area contributed by atoms with E-state index in [-0.39, 0.29) is 11.5 Å². The van der Waals surface area contributed by atoms with Crippen molar-refractivity contribution in [2.24, 2.45) is 0 Å². The van der Waals surface area contributed by atoms with E-state index in [4.69, 9.17) is 0 Å². The van der Waals surface area contributed by atoms with E-state index in [0.717, 1.165) is 16.8 Å². The average Bonchev–Trinajstić information content (AvgIpc) is 3.25. The average molecular weight is 372 g/mol. The Morgan fingerprint density at radius 3 is 2.43 bits per heavy atom. The van der Waals surface area contributed by atoms with Gasteiger partial charge in [0.25, 0.3) is 11.5 Å². The van der Waals surface area contributed by atoms with Gasteiger partial charge in [-0.25, -0.2) is 5.10 Å². The number of aromatic nitrogens is 5. The lowest BCUT2D eigenvalue weighted by Crippen LogP contribution is -2.13. The highest BCUT2D eigenvalue weighted by atomic mass is 16.1. The predicted molar refractivity (Wildman–Crippen MR) is 104 cm³/mol. The SMILES string of the molecule is Cc1ccc(-c2ccc(=O)[nH]n2)cc1NC(=O)c1ccc(-n2cnnc2)cc1. The summed E-state index contributed by atoms with van der Waals surface area (Å²) in [5, 5.41) is 16.9. The lowest BCUT2D eigenvalue weighted by atomic mass is 10.1. The van der Waals surface area contributed by atoms with Gasteiger partial charge in [0.1, 0.15) is 12.7 Å². The zero-order valence-corrected chi connectivity index (χ0v) is 15.0. The summed E-state index contributed by atoms with van der Waals surface area (Å²) in [6.07, 6.45) is 3.18. The van der Waals surface area contributed by atoms with Crippen LogP contribution in [-0.2, 0) is 0 Å². The van der Waals surface area contributed by atoms with Crippen LogP contribution in [0, 0.1) is 6.92 Å². The molecule has 8 heteroatoms. The molecule has 8 nitrogen and oxygen atoms in total. The summed E-state index contributed by atoms with van der Waals surface area (Å²) >= 11 is 0. The Labute approximate surface area is 159 Å². The van der Waals surface area contributed by atoms with Gasteiger partial charge in [0.05, 0.1) is 5.69 Å². The molecule has 2 N–H and O–H groups in total. The van der Waals surface area contributed by atoms with Gasteiger partial charge in [-0.05, 0) is 48.9 Å². The fourth-order valence-corrected chi connectivity index (χ4v) is 2.73. The van der Waals surface area contributed by atoms with E-state index in [2.05, 4.69) is 25.7 Å². The standard InChI is InChI=1S/C20H16N6O2/c1-13-2-3-15(17-8-9-19(27)25-24-17)10-18(13)23-20(28)14-4-6-16(7-5-14)26-11-21-22-12-26/h2-12H,1H3,(H,23,28)(H,25,27).